The van der Waals surface area contributed by atoms with E-state index in [1.807, 2.05) is 59.5 Å². The molecule has 1 unspecified atom stereocenters. The van der Waals surface area contributed by atoms with E-state index in [4.69, 9.17) is 5.11 Å². The molecule has 0 fully saturated rings. The summed E-state index contributed by atoms with van der Waals surface area (Å²) in [5, 5.41) is 19.4. The maximum atomic E-state index is 10.8. The Morgan fingerprint density at radius 2 is 1.70 bits per heavy atom. The van der Waals surface area contributed by atoms with E-state index in [1.54, 1.807) is 0 Å². The Kier molecular flexibility index (Phi) is 4.44. The highest BCUT2D eigenvalue weighted by Gasteiger charge is 2.21. The van der Waals surface area contributed by atoms with Crippen LogP contribution in [0.2, 0.25) is 0 Å². The molecule has 0 saturated carbocycles. The van der Waals surface area contributed by atoms with Crippen LogP contribution in [0.15, 0.2) is 48.5 Å². The molecule has 4 nitrogen and oxygen atoms in total. The molecular weight excluding hydrogens is 290 g/mol. The van der Waals surface area contributed by atoms with Crippen molar-refractivity contribution in [3.8, 4) is 0 Å². The second-order valence-corrected chi connectivity index (χ2v) is 5.63. The van der Waals surface area contributed by atoms with Gasteiger partial charge in [-0.2, -0.15) is 0 Å². The Balaban J connectivity index is 2.00. The molecule has 1 aliphatic rings. The molecule has 0 bridgehead atoms. The van der Waals surface area contributed by atoms with Crippen molar-refractivity contribution in [1.82, 2.24) is 0 Å². The van der Waals surface area contributed by atoms with Crippen LogP contribution >= 0.6 is 0 Å². The average molecular weight is 309 g/mol. The van der Waals surface area contributed by atoms with E-state index in [2.05, 4.69) is 6.08 Å². The van der Waals surface area contributed by atoms with Gasteiger partial charge in [-0.3, -0.25) is 4.79 Å². The minimum absolute atomic E-state index is 0.0582. The fraction of sp³-hybridized carbons (Fsp3) is 0.211. The number of nitrogens with zero attached hydrogens (tertiary/aromatic N) is 1. The van der Waals surface area contributed by atoms with E-state index in [0.29, 0.717) is 6.54 Å². The number of aliphatic hydroxyl groups excluding tert-OH is 1. The summed E-state index contributed by atoms with van der Waals surface area (Å²) in [6.45, 7) is 0.540. The normalized spacial score (nSPS) is 15.8. The number of carboxylic acids is 1. The Labute approximate surface area is 135 Å². The Morgan fingerprint density at radius 3 is 2.48 bits per heavy atom. The van der Waals surface area contributed by atoms with Gasteiger partial charge in [0, 0.05) is 25.1 Å². The maximum absolute atomic E-state index is 10.8. The first-order chi connectivity index (χ1) is 11.1. The number of hydrogen-bond acceptors (Lipinski definition) is 3. The fourth-order valence-corrected chi connectivity index (χ4v) is 2.85. The standard InChI is InChI=1S/C19H19NO3/c21-18(11-12-19(22)23)20-13-16-7-2-1-5-14(16)9-10-15-6-3-4-8-17(15)20/h1-10,18,21H,11-13H2,(H,22,23)/b10-9-. The molecule has 0 amide bonds. The van der Waals surface area contributed by atoms with Gasteiger partial charge in [0.15, 0.2) is 0 Å². The summed E-state index contributed by atoms with van der Waals surface area (Å²) in [5.74, 6) is -0.898. The van der Waals surface area contributed by atoms with Crippen molar-refractivity contribution in [3.63, 3.8) is 0 Å². The van der Waals surface area contributed by atoms with Crippen molar-refractivity contribution in [2.24, 2.45) is 0 Å². The minimum Gasteiger partial charge on any atom is -0.481 e. The maximum Gasteiger partial charge on any atom is 0.303 e. The third kappa shape index (κ3) is 3.43. The van der Waals surface area contributed by atoms with Crippen LogP contribution in [-0.4, -0.2) is 22.4 Å². The Bertz CT molecular complexity index is 739. The number of para-hydroxylation sites is 1. The van der Waals surface area contributed by atoms with Crippen LogP contribution in [0.25, 0.3) is 12.2 Å². The zero-order valence-electron chi connectivity index (χ0n) is 12.7. The molecule has 4 heteroatoms. The van der Waals surface area contributed by atoms with Crippen molar-refractivity contribution in [2.75, 3.05) is 4.90 Å². The van der Waals surface area contributed by atoms with Crippen LogP contribution in [-0.2, 0) is 11.3 Å². The van der Waals surface area contributed by atoms with Gasteiger partial charge in [-0.15, -0.1) is 0 Å². The summed E-state index contributed by atoms with van der Waals surface area (Å²) in [4.78, 5) is 12.7. The summed E-state index contributed by atoms with van der Waals surface area (Å²) in [7, 11) is 0. The molecule has 2 aromatic rings. The Morgan fingerprint density at radius 1 is 1.04 bits per heavy atom. The SMILES string of the molecule is O=C(O)CCC(O)N1Cc2ccccc2/C=C\c2ccccc21. The number of aliphatic carboxylic acids is 1. The van der Waals surface area contributed by atoms with Crippen molar-refractivity contribution in [1.29, 1.82) is 0 Å². The quantitative estimate of drug-likeness (QED) is 0.909. The van der Waals surface area contributed by atoms with E-state index in [9.17, 15) is 9.90 Å². The molecule has 2 aromatic carbocycles. The fourth-order valence-electron chi connectivity index (χ4n) is 2.85. The summed E-state index contributed by atoms with van der Waals surface area (Å²) in [5.41, 5.74) is 4.14. The number of carboxylic acid groups (broad SMARTS) is 1. The summed E-state index contributed by atoms with van der Waals surface area (Å²) in [6.07, 6.45) is 3.40. The van der Waals surface area contributed by atoms with Crippen LogP contribution in [0.5, 0.6) is 0 Å². The van der Waals surface area contributed by atoms with Crippen molar-refractivity contribution in [3.05, 3.63) is 65.2 Å². The van der Waals surface area contributed by atoms with Crippen molar-refractivity contribution >= 4 is 23.8 Å². The van der Waals surface area contributed by atoms with E-state index in [-0.39, 0.29) is 12.8 Å². The van der Waals surface area contributed by atoms with Crippen LogP contribution in [0.1, 0.15) is 29.5 Å². The molecule has 1 heterocycles. The molecule has 1 atom stereocenters. The predicted molar refractivity (Wildman–Crippen MR) is 90.9 cm³/mol. The largest absolute Gasteiger partial charge is 0.481 e. The summed E-state index contributed by atoms with van der Waals surface area (Å²) >= 11 is 0. The van der Waals surface area contributed by atoms with Crippen molar-refractivity contribution in [2.45, 2.75) is 25.6 Å². The molecule has 2 N–H and O–H groups in total. The topological polar surface area (TPSA) is 60.8 Å². The van der Waals surface area contributed by atoms with Gasteiger partial charge in [0.2, 0.25) is 0 Å². The number of carbonyl (C=O) groups is 1. The zero-order chi connectivity index (χ0) is 16.2. The van der Waals surface area contributed by atoms with Gasteiger partial charge in [0.25, 0.3) is 0 Å². The van der Waals surface area contributed by atoms with E-state index < -0.39 is 12.2 Å². The van der Waals surface area contributed by atoms with E-state index >= 15 is 0 Å². The van der Waals surface area contributed by atoms with Crippen LogP contribution in [0, 0.1) is 0 Å². The number of aliphatic hydroxyl groups is 1. The number of anilines is 1. The van der Waals surface area contributed by atoms with Gasteiger partial charge in [-0.1, -0.05) is 54.6 Å². The van der Waals surface area contributed by atoms with Gasteiger partial charge in [-0.05, 0) is 22.8 Å². The molecule has 0 aliphatic carbocycles. The van der Waals surface area contributed by atoms with Gasteiger partial charge in [0.1, 0.15) is 6.23 Å². The first-order valence-electron chi connectivity index (χ1n) is 7.66. The lowest BCUT2D eigenvalue weighted by Crippen LogP contribution is -2.36. The molecule has 1 aliphatic heterocycles. The molecule has 0 saturated heterocycles. The lowest BCUT2D eigenvalue weighted by atomic mass is 10.0. The highest BCUT2D eigenvalue weighted by atomic mass is 16.4. The second-order valence-electron chi connectivity index (χ2n) is 5.63. The monoisotopic (exact) mass is 309 g/mol. The van der Waals surface area contributed by atoms with E-state index in [0.717, 1.165) is 22.4 Å². The smallest absolute Gasteiger partial charge is 0.303 e. The predicted octanol–water partition coefficient (Wildman–Crippen LogP) is 3.36. The van der Waals surface area contributed by atoms with Gasteiger partial charge in [-0.25, -0.2) is 0 Å². The van der Waals surface area contributed by atoms with Gasteiger partial charge in [0.05, 0.1) is 0 Å². The highest BCUT2D eigenvalue weighted by molar-refractivity contribution is 5.79. The highest BCUT2D eigenvalue weighted by Crippen LogP contribution is 2.30. The van der Waals surface area contributed by atoms with Gasteiger partial charge < -0.3 is 15.1 Å². The Hall–Kier alpha value is -2.59. The number of benzene rings is 2. The zero-order valence-corrected chi connectivity index (χ0v) is 12.7. The van der Waals surface area contributed by atoms with Gasteiger partial charge >= 0.3 is 5.97 Å². The average Bonchev–Trinajstić information content (AvgIpc) is 2.55. The molecule has 0 radical (unpaired) electrons. The van der Waals surface area contributed by atoms with Crippen LogP contribution in [0.3, 0.4) is 0 Å². The second kappa shape index (κ2) is 6.67. The van der Waals surface area contributed by atoms with Crippen molar-refractivity contribution < 1.29 is 15.0 Å². The molecule has 23 heavy (non-hydrogen) atoms. The van der Waals surface area contributed by atoms with Crippen LogP contribution in [0.4, 0.5) is 5.69 Å². The third-order valence-electron chi connectivity index (χ3n) is 4.06. The van der Waals surface area contributed by atoms with E-state index in [1.165, 1.54) is 0 Å². The first-order valence-corrected chi connectivity index (χ1v) is 7.66. The number of hydrogen-bond donors (Lipinski definition) is 2. The van der Waals surface area contributed by atoms with Crippen LogP contribution < -0.4 is 4.90 Å². The molecular formula is C19H19NO3. The molecule has 0 aromatic heterocycles. The number of rotatable bonds is 4. The summed E-state index contributed by atoms with van der Waals surface area (Å²) in [6, 6.07) is 15.9. The molecule has 0 spiro atoms. The third-order valence-corrected chi connectivity index (χ3v) is 4.06. The minimum atomic E-state index is -0.898. The summed E-state index contributed by atoms with van der Waals surface area (Å²) < 4.78 is 0. The lowest BCUT2D eigenvalue weighted by molar-refractivity contribution is -0.137. The number of fused-ring (bicyclic) bond motifs is 2. The first kappa shape index (κ1) is 15.3. The molecule has 118 valence electrons. The lowest BCUT2D eigenvalue weighted by Gasteiger charge is -2.32. The molecule has 3 rings (SSSR count).